The van der Waals surface area contributed by atoms with Crippen LogP contribution in [0.5, 0.6) is 0 Å². The number of amides is 1. The van der Waals surface area contributed by atoms with Gasteiger partial charge in [-0.1, -0.05) is 28.5 Å². The molecular formula is C15H20N4O2S. The highest BCUT2D eigenvalue weighted by Crippen LogP contribution is 2.27. The molecular weight excluding hydrogens is 300 g/mol. The zero-order valence-corrected chi connectivity index (χ0v) is 13.8. The zero-order chi connectivity index (χ0) is 15.9. The molecule has 2 aromatic rings. The lowest BCUT2D eigenvalue weighted by atomic mass is 10.1. The topological polar surface area (TPSA) is 76.1 Å². The Hall–Kier alpha value is -1.83. The molecule has 0 aliphatic carbocycles. The second kappa shape index (κ2) is 7.98. The fraction of sp³-hybridized carbons (Fsp3) is 0.400. The number of ether oxygens (including phenoxy) is 1. The summed E-state index contributed by atoms with van der Waals surface area (Å²) in [5, 5.41) is 15.2. The highest BCUT2D eigenvalue weighted by molar-refractivity contribution is 7.18. The van der Waals surface area contributed by atoms with Crippen molar-refractivity contribution in [2.75, 3.05) is 32.1 Å². The largest absolute Gasteiger partial charge is 0.383 e. The Morgan fingerprint density at radius 3 is 2.64 bits per heavy atom. The van der Waals surface area contributed by atoms with Crippen molar-refractivity contribution in [2.45, 2.75) is 13.8 Å². The van der Waals surface area contributed by atoms with Gasteiger partial charge in [0.1, 0.15) is 5.01 Å². The predicted octanol–water partition coefficient (Wildman–Crippen LogP) is 2.00. The summed E-state index contributed by atoms with van der Waals surface area (Å²) in [6.45, 7) is 5.52. The number of rotatable bonds is 7. The van der Waals surface area contributed by atoms with Gasteiger partial charge in [-0.3, -0.25) is 10.1 Å². The van der Waals surface area contributed by atoms with E-state index in [2.05, 4.69) is 39.0 Å². The number of nitrogens with one attached hydrogen (secondary N) is 2. The van der Waals surface area contributed by atoms with E-state index < -0.39 is 0 Å². The molecule has 7 heteroatoms. The van der Waals surface area contributed by atoms with Crippen LogP contribution in [0.3, 0.4) is 0 Å². The first-order valence-electron chi connectivity index (χ1n) is 7.00. The normalized spacial score (nSPS) is 10.7. The molecule has 0 fully saturated rings. The van der Waals surface area contributed by atoms with Crippen molar-refractivity contribution in [1.82, 2.24) is 15.5 Å². The first kappa shape index (κ1) is 16.5. The molecule has 0 atom stereocenters. The first-order valence-corrected chi connectivity index (χ1v) is 7.82. The fourth-order valence-corrected chi connectivity index (χ4v) is 2.78. The van der Waals surface area contributed by atoms with E-state index in [4.69, 9.17) is 4.74 Å². The minimum Gasteiger partial charge on any atom is -0.383 e. The molecule has 6 nitrogen and oxygen atoms in total. The third-order valence-electron chi connectivity index (χ3n) is 2.91. The minimum absolute atomic E-state index is 0.140. The number of hydrogen-bond acceptors (Lipinski definition) is 6. The molecule has 0 spiro atoms. The van der Waals surface area contributed by atoms with Gasteiger partial charge in [-0.05, 0) is 26.0 Å². The summed E-state index contributed by atoms with van der Waals surface area (Å²) >= 11 is 1.37. The van der Waals surface area contributed by atoms with Gasteiger partial charge in [0, 0.05) is 19.2 Å². The molecule has 0 saturated heterocycles. The fourth-order valence-electron chi connectivity index (χ4n) is 2.03. The molecule has 1 amide bonds. The number of hydrogen-bond donors (Lipinski definition) is 2. The van der Waals surface area contributed by atoms with Gasteiger partial charge in [-0.15, -0.1) is 10.2 Å². The Labute approximate surface area is 133 Å². The maximum Gasteiger partial charge on any atom is 0.240 e. The smallest absolute Gasteiger partial charge is 0.240 e. The van der Waals surface area contributed by atoms with Crippen LogP contribution in [0.15, 0.2) is 18.2 Å². The van der Waals surface area contributed by atoms with Crippen LogP contribution in [0.25, 0.3) is 10.6 Å². The van der Waals surface area contributed by atoms with Crippen molar-refractivity contribution >= 4 is 22.4 Å². The third kappa shape index (κ3) is 4.87. The van der Waals surface area contributed by atoms with Crippen molar-refractivity contribution in [2.24, 2.45) is 0 Å². The van der Waals surface area contributed by atoms with Crippen LogP contribution < -0.4 is 10.6 Å². The van der Waals surface area contributed by atoms with Crippen LogP contribution in [-0.4, -0.2) is 42.9 Å². The van der Waals surface area contributed by atoms with E-state index >= 15 is 0 Å². The highest BCUT2D eigenvalue weighted by Gasteiger charge is 2.10. The predicted molar refractivity (Wildman–Crippen MR) is 88.2 cm³/mol. The molecule has 0 aliphatic heterocycles. The van der Waals surface area contributed by atoms with Crippen molar-refractivity contribution in [3.63, 3.8) is 0 Å². The summed E-state index contributed by atoms with van der Waals surface area (Å²) in [4.78, 5) is 11.8. The molecule has 0 aliphatic rings. The molecule has 2 rings (SSSR count). The zero-order valence-electron chi connectivity index (χ0n) is 13.0. The van der Waals surface area contributed by atoms with Crippen molar-refractivity contribution in [1.29, 1.82) is 0 Å². The number of aryl methyl sites for hydroxylation is 2. The summed E-state index contributed by atoms with van der Waals surface area (Å²) in [5.74, 6) is -0.140. The van der Waals surface area contributed by atoms with E-state index in [1.807, 2.05) is 13.8 Å². The number of aromatic nitrogens is 2. The summed E-state index contributed by atoms with van der Waals surface area (Å²) in [6.07, 6.45) is 0. The molecule has 118 valence electrons. The molecule has 0 bridgehead atoms. The average Bonchev–Trinajstić information content (AvgIpc) is 2.91. The molecule has 0 radical (unpaired) electrons. The number of methoxy groups -OCH3 is 1. The van der Waals surface area contributed by atoms with E-state index in [1.165, 1.54) is 22.5 Å². The molecule has 1 aromatic carbocycles. The molecule has 22 heavy (non-hydrogen) atoms. The number of anilines is 1. The Morgan fingerprint density at radius 2 is 1.95 bits per heavy atom. The Balaban J connectivity index is 1.95. The van der Waals surface area contributed by atoms with Crippen LogP contribution >= 0.6 is 11.3 Å². The maximum absolute atomic E-state index is 11.8. The molecule has 1 heterocycles. The van der Waals surface area contributed by atoms with E-state index in [9.17, 15) is 4.79 Å². The number of carbonyl (C=O) groups excluding carboxylic acids is 1. The monoisotopic (exact) mass is 320 g/mol. The SMILES string of the molecule is COCCNCC(=O)Nc1nnc(-c2cc(C)cc(C)c2)s1. The average molecular weight is 320 g/mol. The lowest BCUT2D eigenvalue weighted by Gasteiger charge is -2.03. The summed E-state index contributed by atoms with van der Waals surface area (Å²) < 4.78 is 4.90. The van der Waals surface area contributed by atoms with Crippen LogP contribution in [0.1, 0.15) is 11.1 Å². The summed E-state index contributed by atoms with van der Waals surface area (Å²) in [5.41, 5.74) is 3.38. The van der Waals surface area contributed by atoms with Crippen LogP contribution in [0.2, 0.25) is 0 Å². The molecule has 0 saturated carbocycles. The lowest BCUT2D eigenvalue weighted by Crippen LogP contribution is -2.30. The number of carbonyl (C=O) groups is 1. The summed E-state index contributed by atoms with van der Waals surface area (Å²) in [6, 6.07) is 6.23. The molecule has 2 N–H and O–H groups in total. The van der Waals surface area contributed by atoms with Gasteiger partial charge in [0.2, 0.25) is 11.0 Å². The van der Waals surface area contributed by atoms with Crippen molar-refractivity contribution < 1.29 is 9.53 Å². The van der Waals surface area contributed by atoms with Crippen molar-refractivity contribution in [3.8, 4) is 10.6 Å². The number of nitrogens with zero attached hydrogens (tertiary/aromatic N) is 2. The maximum atomic E-state index is 11.8. The lowest BCUT2D eigenvalue weighted by molar-refractivity contribution is -0.115. The number of benzene rings is 1. The van der Waals surface area contributed by atoms with E-state index in [0.29, 0.717) is 18.3 Å². The first-order chi connectivity index (χ1) is 10.6. The van der Waals surface area contributed by atoms with Gasteiger partial charge in [0.15, 0.2) is 0 Å². The van der Waals surface area contributed by atoms with E-state index in [0.717, 1.165) is 10.6 Å². The van der Waals surface area contributed by atoms with Gasteiger partial charge >= 0.3 is 0 Å². The Bertz CT molecular complexity index is 622. The minimum atomic E-state index is -0.140. The quantitative estimate of drug-likeness (QED) is 0.763. The second-order valence-electron chi connectivity index (χ2n) is 5.01. The molecule has 1 aromatic heterocycles. The highest BCUT2D eigenvalue weighted by atomic mass is 32.1. The van der Waals surface area contributed by atoms with Gasteiger partial charge in [0.25, 0.3) is 0 Å². The third-order valence-corrected chi connectivity index (χ3v) is 3.80. The van der Waals surface area contributed by atoms with Crippen LogP contribution in [-0.2, 0) is 9.53 Å². The van der Waals surface area contributed by atoms with Gasteiger partial charge in [-0.25, -0.2) is 0 Å². The molecule has 0 unspecified atom stereocenters. The van der Waals surface area contributed by atoms with E-state index in [-0.39, 0.29) is 12.5 Å². The van der Waals surface area contributed by atoms with Gasteiger partial charge in [0.05, 0.1) is 13.2 Å². The Morgan fingerprint density at radius 1 is 1.23 bits per heavy atom. The van der Waals surface area contributed by atoms with Crippen LogP contribution in [0, 0.1) is 13.8 Å². The second-order valence-corrected chi connectivity index (χ2v) is 5.98. The van der Waals surface area contributed by atoms with E-state index in [1.54, 1.807) is 7.11 Å². The van der Waals surface area contributed by atoms with Crippen molar-refractivity contribution in [3.05, 3.63) is 29.3 Å². The Kier molecular flexibility index (Phi) is 6.00. The summed E-state index contributed by atoms with van der Waals surface area (Å²) in [7, 11) is 1.62. The standard InChI is InChI=1S/C15H20N4O2S/c1-10-6-11(2)8-12(7-10)14-18-19-15(22-14)17-13(20)9-16-4-5-21-3/h6-8,16H,4-5,9H2,1-3H3,(H,17,19,20). The van der Waals surface area contributed by atoms with Gasteiger partial charge in [-0.2, -0.15) is 0 Å². The van der Waals surface area contributed by atoms with Crippen LogP contribution in [0.4, 0.5) is 5.13 Å². The van der Waals surface area contributed by atoms with Gasteiger partial charge < -0.3 is 10.1 Å².